The monoisotopic (exact) mass is 372 g/mol. The van der Waals surface area contributed by atoms with Crippen LogP contribution in [0.1, 0.15) is 36.0 Å². The van der Waals surface area contributed by atoms with Crippen LogP contribution in [0.4, 0.5) is 13.2 Å². The van der Waals surface area contributed by atoms with Gasteiger partial charge in [-0.25, -0.2) is 0 Å². The molecular weight excluding hydrogens is 353 g/mol. The number of carbonyl (C=O) groups excluding carboxylic acids is 2. The first kappa shape index (κ1) is 18.3. The summed E-state index contributed by atoms with van der Waals surface area (Å²) in [7, 11) is 0. The van der Waals surface area contributed by atoms with Crippen LogP contribution in [0.25, 0.3) is 0 Å². The topological polar surface area (TPSA) is 76.7 Å². The largest absolute Gasteiger partial charge is 0.454 e. The molecular formula is C17H19F3N2O4. The highest BCUT2D eigenvalue weighted by molar-refractivity contribution is 5.97. The molecule has 2 N–H and O–H groups in total. The summed E-state index contributed by atoms with van der Waals surface area (Å²) in [5.74, 6) is -1.38. The van der Waals surface area contributed by atoms with Gasteiger partial charge in [-0.15, -0.1) is 0 Å². The fourth-order valence-corrected chi connectivity index (χ4v) is 3.20. The third-order valence-electron chi connectivity index (χ3n) is 4.55. The minimum atomic E-state index is -4.24. The standard InChI is InChI=1S/C17H19F3N2O4/c18-17(19,20)11-2-1-3-12(7-11)22-15(23)8-21-16(24)10-4-5-13-14(6-10)26-9-25-13/h4-6,11-12H,1-3,7-9H2,(H,21,24)(H,22,23)/t11-,12-/m0/s1. The summed E-state index contributed by atoms with van der Waals surface area (Å²) in [4.78, 5) is 24.0. The molecule has 0 radical (unpaired) electrons. The molecule has 1 aromatic rings. The van der Waals surface area contributed by atoms with E-state index in [4.69, 9.17) is 9.47 Å². The lowest BCUT2D eigenvalue weighted by atomic mass is 9.85. The van der Waals surface area contributed by atoms with Crippen LogP contribution >= 0.6 is 0 Å². The molecule has 142 valence electrons. The first-order valence-corrected chi connectivity index (χ1v) is 8.37. The molecule has 9 heteroatoms. The number of nitrogens with one attached hydrogen (secondary N) is 2. The molecule has 6 nitrogen and oxygen atoms in total. The zero-order chi connectivity index (χ0) is 18.7. The molecule has 2 amide bonds. The molecule has 1 aliphatic carbocycles. The van der Waals surface area contributed by atoms with E-state index in [9.17, 15) is 22.8 Å². The number of ether oxygens (including phenoxy) is 2. The third-order valence-corrected chi connectivity index (χ3v) is 4.55. The van der Waals surface area contributed by atoms with Crippen molar-refractivity contribution < 1.29 is 32.2 Å². The number of halogens is 3. The highest BCUT2D eigenvalue weighted by atomic mass is 19.4. The first-order valence-electron chi connectivity index (χ1n) is 8.37. The maximum Gasteiger partial charge on any atom is 0.391 e. The van der Waals surface area contributed by atoms with Crippen molar-refractivity contribution in [3.05, 3.63) is 23.8 Å². The Morgan fingerprint density at radius 1 is 1.15 bits per heavy atom. The average Bonchev–Trinajstić information content (AvgIpc) is 3.07. The molecule has 0 saturated heterocycles. The second-order valence-electron chi connectivity index (χ2n) is 6.42. The van der Waals surface area contributed by atoms with Crippen molar-refractivity contribution in [3.63, 3.8) is 0 Å². The number of benzene rings is 1. The quantitative estimate of drug-likeness (QED) is 0.851. The van der Waals surface area contributed by atoms with Gasteiger partial charge in [0.2, 0.25) is 12.7 Å². The molecule has 0 aromatic heterocycles. The molecule has 1 aromatic carbocycles. The number of carbonyl (C=O) groups is 2. The van der Waals surface area contributed by atoms with Crippen LogP contribution in [0.2, 0.25) is 0 Å². The zero-order valence-electron chi connectivity index (χ0n) is 13.9. The molecule has 0 spiro atoms. The van der Waals surface area contributed by atoms with Gasteiger partial charge in [0.25, 0.3) is 5.91 Å². The minimum absolute atomic E-state index is 0.0864. The fourth-order valence-electron chi connectivity index (χ4n) is 3.20. The van der Waals surface area contributed by atoms with Crippen molar-refractivity contribution in [3.8, 4) is 11.5 Å². The van der Waals surface area contributed by atoms with Crippen LogP contribution in [0, 0.1) is 5.92 Å². The predicted molar refractivity (Wildman–Crippen MR) is 84.8 cm³/mol. The second-order valence-corrected chi connectivity index (χ2v) is 6.42. The Hall–Kier alpha value is -2.45. The first-order chi connectivity index (χ1) is 12.3. The Labute approximate surface area is 148 Å². The van der Waals surface area contributed by atoms with Gasteiger partial charge in [-0.3, -0.25) is 9.59 Å². The van der Waals surface area contributed by atoms with Gasteiger partial charge in [-0.05, 0) is 37.5 Å². The number of fused-ring (bicyclic) bond motifs is 1. The summed E-state index contributed by atoms with van der Waals surface area (Å²) in [5.41, 5.74) is 0.303. The summed E-state index contributed by atoms with van der Waals surface area (Å²) in [6.45, 7) is -0.219. The second kappa shape index (κ2) is 7.43. The Bertz CT molecular complexity index is 693. The molecule has 1 fully saturated rings. The minimum Gasteiger partial charge on any atom is -0.454 e. The van der Waals surface area contributed by atoms with Crippen molar-refractivity contribution >= 4 is 11.8 Å². The number of hydrogen-bond donors (Lipinski definition) is 2. The summed E-state index contributed by atoms with van der Waals surface area (Å²) in [6, 6.07) is 4.11. The van der Waals surface area contributed by atoms with E-state index < -0.39 is 30.0 Å². The molecule has 0 unspecified atom stereocenters. The van der Waals surface area contributed by atoms with Gasteiger partial charge in [0.1, 0.15) is 0 Å². The van der Waals surface area contributed by atoms with Gasteiger partial charge in [0.05, 0.1) is 12.5 Å². The summed E-state index contributed by atoms with van der Waals surface area (Å²) < 4.78 is 48.7. The van der Waals surface area contributed by atoms with Crippen LogP contribution in [0.5, 0.6) is 11.5 Å². The van der Waals surface area contributed by atoms with Crippen LogP contribution in [0.3, 0.4) is 0 Å². The van der Waals surface area contributed by atoms with Crippen molar-refractivity contribution in [2.24, 2.45) is 5.92 Å². The summed E-state index contributed by atoms with van der Waals surface area (Å²) in [6.07, 6.45) is -3.34. The molecule has 2 aliphatic rings. The van der Waals surface area contributed by atoms with E-state index in [-0.39, 0.29) is 26.2 Å². The van der Waals surface area contributed by atoms with E-state index in [0.29, 0.717) is 29.9 Å². The number of rotatable bonds is 4. The average molecular weight is 372 g/mol. The van der Waals surface area contributed by atoms with Crippen molar-refractivity contribution in [2.45, 2.75) is 37.9 Å². The number of amides is 2. The maximum absolute atomic E-state index is 12.8. The highest BCUT2D eigenvalue weighted by Crippen LogP contribution is 2.37. The number of alkyl halides is 3. The summed E-state index contributed by atoms with van der Waals surface area (Å²) in [5, 5.41) is 5.02. The van der Waals surface area contributed by atoms with Crippen LogP contribution in [-0.2, 0) is 4.79 Å². The maximum atomic E-state index is 12.8. The predicted octanol–water partition coefficient (Wildman–Crippen LogP) is 2.38. The van der Waals surface area contributed by atoms with Crippen LogP contribution < -0.4 is 20.1 Å². The molecule has 1 aliphatic heterocycles. The van der Waals surface area contributed by atoms with E-state index in [0.717, 1.165) is 0 Å². The normalized spacial score (nSPS) is 22.0. The van der Waals surface area contributed by atoms with Gasteiger partial charge in [0, 0.05) is 11.6 Å². The van der Waals surface area contributed by atoms with Gasteiger partial charge < -0.3 is 20.1 Å². The SMILES string of the molecule is O=C(CNC(=O)c1ccc2c(c1)OCO2)N[C@H]1CCC[C@H](C(F)(F)F)C1. The molecule has 3 rings (SSSR count). The Morgan fingerprint density at radius 2 is 1.92 bits per heavy atom. The molecule has 1 heterocycles. The molecule has 26 heavy (non-hydrogen) atoms. The lowest BCUT2D eigenvalue weighted by Gasteiger charge is -2.31. The van der Waals surface area contributed by atoms with E-state index in [1.165, 1.54) is 12.1 Å². The van der Waals surface area contributed by atoms with E-state index in [1.54, 1.807) is 6.07 Å². The third kappa shape index (κ3) is 4.39. The van der Waals surface area contributed by atoms with E-state index in [1.807, 2.05) is 0 Å². The van der Waals surface area contributed by atoms with E-state index in [2.05, 4.69) is 10.6 Å². The van der Waals surface area contributed by atoms with Gasteiger partial charge in [-0.2, -0.15) is 13.2 Å². The highest BCUT2D eigenvalue weighted by Gasteiger charge is 2.42. The summed E-state index contributed by atoms with van der Waals surface area (Å²) >= 11 is 0. The van der Waals surface area contributed by atoms with E-state index >= 15 is 0 Å². The molecule has 1 saturated carbocycles. The Kier molecular flexibility index (Phi) is 5.24. The Balaban J connectivity index is 1.47. The van der Waals surface area contributed by atoms with Gasteiger partial charge >= 0.3 is 6.18 Å². The van der Waals surface area contributed by atoms with Gasteiger partial charge in [0.15, 0.2) is 11.5 Å². The Morgan fingerprint density at radius 3 is 2.69 bits per heavy atom. The molecule has 2 atom stereocenters. The molecule has 0 bridgehead atoms. The van der Waals surface area contributed by atoms with Gasteiger partial charge in [-0.1, -0.05) is 6.42 Å². The van der Waals surface area contributed by atoms with Crippen molar-refractivity contribution in [2.75, 3.05) is 13.3 Å². The van der Waals surface area contributed by atoms with Crippen molar-refractivity contribution in [1.29, 1.82) is 0 Å². The zero-order valence-corrected chi connectivity index (χ0v) is 13.9. The number of hydrogen-bond acceptors (Lipinski definition) is 4. The van der Waals surface area contributed by atoms with Crippen LogP contribution in [0.15, 0.2) is 18.2 Å². The lowest BCUT2D eigenvalue weighted by Crippen LogP contribution is -2.45. The van der Waals surface area contributed by atoms with Crippen molar-refractivity contribution in [1.82, 2.24) is 10.6 Å². The van der Waals surface area contributed by atoms with Crippen LogP contribution in [-0.4, -0.2) is 37.4 Å². The smallest absolute Gasteiger partial charge is 0.391 e. The fraction of sp³-hybridized carbons (Fsp3) is 0.529. The lowest BCUT2D eigenvalue weighted by molar-refractivity contribution is -0.184.